The van der Waals surface area contributed by atoms with E-state index in [1.807, 2.05) is 20.0 Å². The van der Waals surface area contributed by atoms with Crippen LogP contribution in [0.4, 0.5) is 4.39 Å². The number of benzene rings is 1. The van der Waals surface area contributed by atoms with Crippen LogP contribution in [-0.4, -0.2) is 13.6 Å². The van der Waals surface area contributed by atoms with Crippen molar-refractivity contribution in [3.8, 4) is 0 Å². The smallest absolute Gasteiger partial charge is 0.123 e. The third kappa shape index (κ3) is 3.11. The van der Waals surface area contributed by atoms with Gasteiger partial charge in [-0.3, -0.25) is 0 Å². The van der Waals surface area contributed by atoms with Gasteiger partial charge in [-0.15, -0.1) is 0 Å². The summed E-state index contributed by atoms with van der Waals surface area (Å²) < 4.78 is 13.0. The Balaban J connectivity index is 2.70. The Morgan fingerprint density at radius 2 is 2.14 bits per heavy atom. The van der Waals surface area contributed by atoms with Crippen molar-refractivity contribution in [3.63, 3.8) is 0 Å². The van der Waals surface area contributed by atoms with E-state index in [-0.39, 0.29) is 5.82 Å². The molecule has 14 heavy (non-hydrogen) atoms. The molecule has 0 fully saturated rings. The lowest BCUT2D eigenvalue weighted by Gasteiger charge is -2.12. The van der Waals surface area contributed by atoms with Crippen molar-refractivity contribution in [2.45, 2.75) is 20.3 Å². The first-order chi connectivity index (χ1) is 6.63. The van der Waals surface area contributed by atoms with Crippen LogP contribution in [0.2, 0.25) is 0 Å². The third-order valence-corrected chi connectivity index (χ3v) is 2.43. The van der Waals surface area contributed by atoms with Gasteiger partial charge in [-0.2, -0.15) is 0 Å². The fourth-order valence-electron chi connectivity index (χ4n) is 1.66. The SMILES string of the molecule is CNCC(C)Cc1cc(F)ccc1C. The molecule has 0 bridgehead atoms. The summed E-state index contributed by atoms with van der Waals surface area (Å²) in [5.74, 6) is 0.405. The molecule has 0 amide bonds. The molecule has 1 atom stereocenters. The number of aryl methyl sites for hydroxylation is 1. The lowest BCUT2D eigenvalue weighted by atomic mass is 9.97. The predicted octanol–water partition coefficient (Wildman–Crippen LogP) is 2.53. The number of nitrogens with one attached hydrogen (secondary N) is 1. The average molecular weight is 195 g/mol. The second kappa shape index (κ2) is 5.11. The number of hydrogen-bond donors (Lipinski definition) is 1. The van der Waals surface area contributed by atoms with Crippen LogP contribution in [0, 0.1) is 18.7 Å². The minimum Gasteiger partial charge on any atom is -0.319 e. The molecule has 0 radical (unpaired) electrons. The molecule has 1 N–H and O–H groups in total. The quantitative estimate of drug-likeness (QED) is 0.778. The Morgan fingerprint density at radius 3 is 2.79 bits per heavy atom. The summed E-state index contributed by atoms with van der Waals surface area (Å²) >= 11 is 0. The first-order valence-electron chi connectivity index (χ1n) is 5.03. The van der Waals surface area contributed by atoms with E-state index in [0.29, 0.717) is 5.92 Å². The number of halogens is 1. The van der Waals surface area contributed by atoms with Crippen molar-refractivity contribution < 1.29 is 4.39 Å². The van der Waals surface area contributed by atoms with E-state index in [4.69, 9.17) is 0 Å². The van der Waals surface area contributed by atoms with Crippen molar-refractivity contribution in [2.75, 3.05) is 13.6 Å². The van der Waals surface area contributed by atoms with Crippen LogP contribution >= 0.6 is 0 Å². The van der Waals surface area contributed by atoms with Crippen molar-refractivity contribution >= 4 is 0 Å². The van der Waals surface area contributed by atoms with Crippen molar-refractivity contribution in [3.05, 3.63) is 35.1 Å². The van der Waals surface area contributed by atoms with Crippen molar-refractivity contribution in [1.29, 1.82) is 0 Å². The molecule has 2 heteroatoms. The van der Waals surface area contributed by atoms with Gasteiger partial charge in [0.2, 0.25) is 0 Å². The molecule has 1 nitrogen and oxygen atoms in total. The first-order valence-corrected chi connectivity index (χ1v) is 5.03. The lowest BCUT2D eigenvalue weighted by molar-refractivity contribution is 0.537. The fourth-order valence-corrected chi connectivity index (χ4v) is 1.66. The van der Waals surface area contributed by atoms with E-state index < -0.39 is 0 Å². The monoisotopic (exact) mass is 195 g/mol. The molecule has 0 aliphatic heterocycles. The maximum atomic E-state index is 13.0. The molecule has 1 aromatic carbocycles. The second-order valence-corrected chi connectivity index (χ2v) is 3.94. The molecular weight excluding hydrogens is 177 g/mol. The van der Waals surface area contributed by atoms with E-state index in [0.717, 1.165) is 18.5 Å². The zero-order valence-electron chi connectivity index (χ0n) is 9.10. The van der Waals surface area contributed by atoms with Gasteiger partial charge in [0.25, 0.3) is 0 Å². The Labute approximate surface area is 85.3 Å². The normalized spacial score (nSPS) is 12.9. The van der Waals surface area contributed by atoms with Crippen LogP contribution in [-0.2, 0) is 6.42 Å². The van der Waals surface area contributed by atoms with Gasteiger partial charge < -0.3 is 5.32 Å². The Hall–Kier alpha value is -0.890. The highest BCUT2D eigenvalue weighted by Crippen LogP contribution is 2.14. The fraction of sp³-hybridized carbons (Fsp3) is 0.500. The number of rotatable bonds is 4. The molecule has 0 spiro atoms. The van der Waals surface area contributed by atoms with Crippen LogP contribution < -0.4 is 5.32 Å². The van der Waals surface area contributed by atoms with Gasteiger partial charge in [-0.05, 0) is 56.1 Å². The van der Waals surface area contributed by atoms with Gasteiger partial charge in [0.05, 0.1) is 0 Å². The summed E-state index contributed by atoms with van der Waals surface area (Å²) in [6, 6.07) is 5.00. The largest absolute Gasteiger partial charge is 0.319 e. The lowest BCUT2D eigenvalue weighted by Crippen LogP contribution is -2.18. The molecule has 0 heterocycles. The Morgan fingerprint density at radius 1 is 1.43 bits per heavy atom. The third-order valence-electron chi connectivity index (χ3n) is 2.43. The predicted molar refractivity (Wildman–Crippen MR) is 57.9 cm³/mol. The van der Waals surface area contributed by atoms with E-state index in [9.17, 15) is 4.39 Å². The highest BCUT2D eigenvalue weighted by molar-refractivity contribution is 5.26. The summed E-state index contributed by atoms with van der Waals surface area (Å²) in [6.45, 7) is 5.16. The summed E-state index contributed by atoms with van der Waals surface area (Å²) in [4.78, 5) is 0. The van der Waals surface area contributed by atoms with Crippen molar-refractivity contribution in [2.24, 2.45) is 5.92 Å². The zero-order chi connectivity index (χ0) is 10.6. The second-order valence-electron chi connectivity index (χ2n) is 3.94. The molecule has 1 aromatic rings. The van der Waals surface area contributed by atoms with Crippen LogP contribution in [0.1, 0.15) is 18.1 Å². The minimum absolute atomic E-state index is 0.137. The zero-order valence-corrected chi connectivity index (χ0v) is 9.10. The van der Waals surface area contributed by atoms with Gasteiger partial charge in [0, 0.05) is 0 Å². The molecule has 0 saturated heterocycles. The van der Waals surface area contributed by atoms with E-state index in [1.54, 1.807) is 6.07 Å². The molecular formula is C12H18FN. The molecule has 1 unspecified atom stereocenters. The Kier molecular flexibility index (Phi) is 4.08. The molecule has 0 saturated carbocycles. The highest BCUT2D eigenvalue weighted by atomic mass is 19.1. The highest BCUT2D eigenvalue weighted by Gasteiger charge is 2.05. The van der Waals surface area contributed by atoms with Gasteiger partial charge in [0.15, 0.2) is 0 Å². The van der Waals surface area contributed by atoms with E-state index in [2.05, 4.69) is 12.2 Å². The van der Waals surface area contributed by atoms with Crippen molar-refractivity contribution in [1.82, 2.24) is 5.32 Å². The summed E-state index contributed by atoms with van der Waals surface area (Å²) in [5, 5.41) is 3.13. The summed E-state index contributed by atoms with van der Waals surface area (Å²) in [7, 11) is 1.94. The molecule has 0 aliphatic rings. The van der Waals surface area contributed by atoms with Crippen LogP contribution in [0.5, 0.6) is 0 Å². The molecule has 78 valence electrons. The van der Waals surface area contributed by atoms with Crippen LogP contribution in [0.3, 0.4) is 0 Å². The summed E-state index contributed by atoms with van der Waals surface area (Å²) in [6.07, 6.45) is 0.935. The number of hydrogen-bond acceptors (Lipinski definition) is 1. The van der Waals surface area contributed by atoms with Crippen LogP contribution in [0.15, 0.2) is 18.2 Å². The first kappa shape index (κ1) is 11.2. The van der Waals surface area contributed by atoms with Crippen LogP contribution in [0.25, 0.3) is 0 Å². The average Bonchev–Trinajstić information content (AvgIpc) is 2.12. The standard InChI is InChI=1S/C12H18FN/c1-9(8-14-3)6-11-7-12(13)5-4-10(11)2/h4-5,7,9,14H,6,8H2,1-3H3. The molecule has 0 aliphatic carbocycles. The molecule has 1 rings (SSSR count). The maximum Gasteiger partial charge on any atom is 0.123 e. The van der Waals surface area contributed by atoms with Gasteiger partial charge in [-0.1, -0.05) is 13.0 Å². The van der Waals surface area contributed by atoms with Gasteiger partial charge in [0.1, 0.15) is 5.82 Å². The minimum atomic E-state index is -0.137. The van der Waals surface area contributed by atoms with E-state index >= 15 is 0 Å². The Bertz CT molecular complexity index is 296. The van der Waals surface area contributed by atoms with Gasteiger partial charge >= 0.3 is 0 Å². The molecule has 0 aromatic heterocycles. The topological polar surface area (TPSA) is 12.0 Å². The maximum absolute atomic E-state index is 13.0. The van der Waals surface area contributed by atoms with Gasteiger partial charge in [-0.25, -0.2) is 4.39 Å². The van der Waals surface area contributed by atoms with E-state index in [1.165, 1.54) is 11.6 Å². The summed E-state index contributed by atoms with van der Waals surface area (Å²) in [5.41, 5.74) is 2.29.